The Kier molecular flexibility index (Phi) is 5.92. The average molecular weight is 406 g/mol. The fourth-order valence-electron chi connectivity index (χ4n) is 5.14. The number of hydrogen-bond acceptors (Lipinski definition) is 5. The van der Waals surface area contributed by atoms with E-state index in [0.29, 0.717) is 0 Å². The molecule has 0 spiro atoms. The Balaban J connectivity index is 1.88. The van der Waals surface area contributed by atoms with Crippen molar-refractivity contribution in [1.82, 2.24) is 4.90 Å². The van der Waals surface area contributed by atoms with Gasteiger partial charge in [0, 0.05) is 18.4 Å². The van der Waals surface area contributed by atoms with E-state index in [2.05, 4.69) is 29.0 Å². The molecule has 0 radical (unpaired) electrons. The minimum Gasteiger partial charge on any atom is -0.466 e. The quantitative estimate of drug-likeness (QED) is 0.556. The molecule has 2 aliphatic heterocycles. The van der Waals surface area contributed by atoms with Gasteiger partial charge in [-0.2, -0.15) is 0 Å². The number of amides is 1. The third-order valence-corrected chi connectivity index (χ3v) is 6.14. The van der Waals surface area contributed by atoms with Crippen molar-refractivity contribution in [2.24, 2.45) is 0 Å². The van der Waals surface area contributed by atoms with Gasteiger partial charge in [-0.25, -0.2) is 9.59 Å². The maximum atomic E-state index is 12.9. The second-order valence-electron chi connectivity index (χ2n) is 9.05. The molecule has 2 fully saturated rings. The van der Waals surface area contributed by atoms with Crippen LogP contribution in [-0.2, 0) is 25.5 Å². The van der Waals surface area contributed by atoms with Gasteiger partial charge in [0.05, 0.1) is 20.2 Å². The lowest BCUT2D eigenvalue weighted by Gasteiger charge is -2.45. The number of methoxy groups -OCH3 is 1. The van der Waals surface area contributed by atoms with Crippen LogP contribution in [0.2, 0.25) is 0 Å². The molecule has 0 N–H and O–H groups in total. The van der Waals surface area contributed by atoms with E-state index in [4.69, 9.17) is 9.47 Å². The number of carbonyl (C=O) groups excluding carboxylic acids is 2. The lowest BCUT2D eigenvalue weighted by atomic mass is 9.97. The Bertz CT molecular complexity index is 741. The fourth-order valence-corrected chi connectivity index (χ4v) is 5.14. The lowest BCUT2D eigenvalue weighted by Crippen LogP contribution is -2.63. The molecule has 0 aliphatic carbocycles. The molecule has 1 unspecified atom stereocenters. The van der Waals surface area contributed by atoms with Gasteiger partial charge >= 0.3 is 12.1 Å². The smallest absolute Gasteiger partial charge is 0.413 e. The van der Waals surface area contributed by atoms with Crippen LogP contribution in [-0.4, -0.2) is 65.7 Å². The summed E-state index contributed by atoms with van der Waals surface area (Å²) < 4.78 is 17.2. The standard InChI is InChI=1S/C22H33N2O5/c1-21(2)19(24(13-9-10-14-24)15-17-11-7-6-8-12-17)29-22(3,4)23(21)20(26)28-16-18(25)27-5/h6-8,11-12,19H,9-10,13-16H2,1-5H3/q+1. The summed E-state index contributed by atoms with van der Waals surface area (Å²) in [6, 6.07) is 10.4. The summed E-state index contributed by atoms with van der Waals surface area (Å²) in [5.41, 5.74) is -0.208. The first-order chi connectivity index (χ1) is 13.6. The van der Waals surface area contributed by atoms with Crippen molar-refractivity contribution in [1.29, 1.82) is 0 Å². The minimum absolute atomic E-state index is 0.203. The van der Waals surface area contributed by atoms with Gasteiger partial charge in [-0.05, 0) is 27.7 Å². The summed E-state index contributed by atoms with van der Waals surface area (Å²) in [7, 11) is 1.27. The molecule has 3 rings (SSSR count). The van der Waals surface area contributed by atoms with Crippen LogP contribution in [0.1, 0.15) is 46.1 Å². The van der Waals surface area contributed by atoms with Gasteiger partial charge in [0.15, 0.2) is 6.61 Å². The van der Waals surface area contributed by atoms with Gasteiger partial charge in [-0.15, -0.1) is 0 Å². The summed E-state index contributed by atoms with van der Waals surface area (Å²) in [6.07, 6.45) is 1.50. The molecule has 1 amide bonds. The minimum atomic E-state index is -0.855. The zero-order chi connectivity index (χ0) is 21.3. The largest absolute Gasteiger partial charge is 0.466 e. The molecule has 1 aromatic rings. The number of nitrogens with zero attached hydrogens (tertiary/aromatic N) is 2. The van der Waals surface area contributed by atoms with Crippen molar-refractivity contribution in [2.75, 3.05) is 26.8 Å². The van der Waals surface area contributed by atoms with Crippen LogP contribution in [0.25, 0.3) is 0 Å². The van der Waals surface area contributed by atoms with E-state index in [0.717, 1.165) is 37.0 Å². The van der Waals surface area contributed by atoms with E-state index in [1.54, 1.807) is 4.90 Å². The van der Waals surface area contributed by atoms with E-state index in [-0.39, 0.29) is 6.23 Å². The fraction of sp³-hybridized carbons (Fsp3) is 0.636. The van der Waals surface area contributed by atoms with Crippen molar-refractivity contribution in [2.45, 2.75) is 64.6 Å². The number of benzene rings is 1. The van der Waals surface area contributed by atoms with Crippen LogP contribution >= 0.6 is 0 Å². The normalized spacial score (nSPS) is 24.3. The van der Waals surface area contributed by atoms with Gasteiger partial charge in [-0.1, -0.05) is 30.3 Å². The molecule has 1 atom stereocenters. The van der Waals surface area contributed by atoms with Crippen molar-refractivity contribution in [3.05, 3.63) is 35.9 Å². The van der Waals surface area contributed by atoms with Gasteiger partial charge in [0.25, 0.3) is 0 Å². The maximum absolute atomic E-state index is 12.9. The predicted molar refractivity (Wildman–Crippen MR) is 108 cm³/mol. The van der Waals surface area contributed by atoms with E-state index >= 15 is 0 Å². The molecule has 0 saturated carbocycles. The van der Waals surface area contributed by atoms with Crippen LogP contribution < -0.4 is 0 Å². The Hall–Kier alpha value is -2.12. The average Bonchev–Trinajstić information content (AvgIpc) is 3.20. The van der Waals surface area contributed by atoms with E-state index in [9.17, 15) is 9.59 Å². The molecule has 29 heavy (non-hydrogen) atoms. The van der Waals surface area contributed by atoms with E-state index in [1.807, 2.05) is 33.8 Å². The van der Waals surface area contributed by atoms with E-state index < -0.39 is 29.9 Å². The first-order valence-corrected chi connectivity index (χ1v) is 10.2. The Morgan fingerprint density at radius 1 is 1.14 bits per heavy atom. The van der Waals surface area contributed by atoms with Gasteiger partial charge < -0.3 is 14.2 Å². The molecule has 7 nitrogen and oxygen atoms in total. The molecule has 0 bridgehead atoms. The number of likely N-dealkylation sites (tertiary alicyclic amines) is 1. The molecule has 160 valence electrons. The monoisotopic (exact) mass is 405 g/mol. The SMILES string of the molecule is COC(=O)COC(=O)N1C(C)(C)OC([N+]2(Cc3ccccc3)CCCC2)C1(C)C. The second-order valence-corrected chi connectivity index (χ2v) is 9.05. The van der Waals surface area contributed by atoms with Gasteiger partial charge in [0.2, 0.25) is 6.23 Å². The van der Waals surface area contributed by atoms with Crippen molar-refractivity contribution in [3.8, 4) is 0 Å². The van der Waals surface area contributed by atoms with Crippen molar-refractivity contribution < 1.29 is 28.3 Å². The number of ether oxygens (including phenoxy) is 3. The van der Waals surface area contributed by atoms with Crippen LogP contribution in [0, 0.1) is 0 Å². The summed E-state index contributed by atoms with van der Waals surface area (Å²) in [5.74, 6) is -0.585. The van der Waals surface area contributed by atoms with Crippen LogP contribution in [0.3, 0.4) is 0 Å². The molecule has 0 aromatic heterocycles. The van der Waals surface area contributed by atoms with Crippen LogP contribution in [0.5, 0.6) is 0 Å². The zero-order valence-corrected chi connectivity index (χ0v) is 18.1. The topological polar surface area (TPSA) is 65.1 Å². The Morgan fingerprint density at radius 3 is 2.34 bits per heavy atom. The Labute approximate surface area is 173 Å². The molecule has 2 heterocycles. The second kappa shape index (κ2) is 7.95. The molecular formula is C22H33N2O5+. The van der Waals surface area contributed by atoms with Crippen molar-refractivity contribution >= 4 is 12.1 Å². The highest BCUT2D eigenvalue weighted by atomic mass is 16.6. The first-order valence-electron chi connectivity index (χ1n) is 10.2. The van der Waals surface area contributed by atoms with Crippen LogP contribution in [0.4, 0.5) is 4.79 Å². The molecule has 1 aromatic carbocycles. The van der Waals surface area contributed by atoms with Crippen molar-refractivity contribution in [3.63, 3.8) is 0 Å². The summed E-state index contributed by atoms with van der Waals surface area (Å²) in [4.78, 5) is 26.0. The van der Waals surface area contributed by atoms with E-state index in [1.165, 1.54) is 12.7 Å². The molecule has 7 heteroatoms. The third kappa shape index (κ3) is 4.12. The highest BCUT2D eigenvalue weighted by Gasteiger charge is 2.64. The number of quaternary nitrogens is 1. The lowest BCUT2D eigenvalue weighted by molar-refractivity contribution is -0.976. The maximum Gasteiger partial charge on any atom is 0.413 e. The summed E-state index contributed by atoms with van der Waals surface area (Å²) >= 11 is 0. The predicted octanol–water partition coefficient (Wildman–Crippen LogP) is 3.28. The highest BCUT2D eigenvalue weighted by molar-refractivity contribution is 5.76. The number of rotatable bonds is 5. The third-order valence-electron chi connectivity index (χ3n) is 6.14. The van der Waals surface area contributed by atoms with Gasteiger partial charge in [0.1, 0.15) is 17.8 Å². The van der Waals surface area contributed by atoms with Crippen LogP contribution in [0.15, 0.2) is 30.3 Å². The molecule has 2 aliphatic rings. The molecule has 2 saturated heterocycles. The number of carbonyl (C=O) groups is 2. The summed E-state index contributed by atoms with van der Waals surface area (Å²) in [5, 5.41) is 0. The number of esters is 1. The highest BCUT2D eigenvalue weighted by Crippen LogP contribution is 2.46. The van der Waals surface area contributed by atoms with Gasteiger partial charge in [-0.3, -0.25) is 9.38 Å². The first kappa shape index (κ1) is 21.6. The number of hydrogen-bond donors (Lipinski definition) is 0. The summed E-state index contributed by atoms with van der Waals surface area (Å²) in [6.45, 7) is 10.3. The Morgan fingerprint density at radius 2 is 1.76 bits per heavy atom. The zero-order valence-electron chi connectivity index (χ0n) is 18.1. The molecular weight excluding hydrogens is 372 g/mol.